The molecule has 72 valence electrons. The lowest BCUT2D eigenvalue weighted by atomic mass is 10.1. The Balaban J connectivity index is 3.78. The topological polar surface area (TPSA) is 75.3 Å². The number of rotatable bonds is 6. The third-order valence-corrected chi connectivity index (χ3v) is 1.57. The SMILES string of the molecule is NCCC[C@H](NC(Cl)Cl)C(=O)O. The number of carbonyl (C=O) groups is 1. The van der Waals surface area contributed by atoms with Crippen LogP contribution in [-0.4, -0.2) is 28.6 Å². The summed E-state index contributed by atoms with van der Waals surface area (Å²) < 4.78 is 0. The van der Waals surface area contributed by atoms with E-state index in [1.54, 1.807) is 0 Å². The fraction of sp³-hybridized carbons (Fsp3) is 0.833. The smallest absolute Gasteiger partial charge is 0.320 e. The highest BCUT2D eigenvalue weighted by Gasteiger charge is 2.18. The summed E-state index contributed by atoms with van der Waals surface area (Å²) in [6, 6.07) is -0.714. The van der Waals surface area contributed by atoms with Crippen LogP contribution in [0.15, 0.2) is 0 Å². The van der Waals surface area contributed by atoms with E-state index in [2.05, 4.69) is 5.32 Å². The molecular weight excluding hydrogens is 203 g/mol. The van der Waals surface area contributed by atoms with Crippen molar-refractivity contribution in [2.45, 2.75) is 23.8 Å². The van der Waals surface area contributed by atoms with E-state index in [0.717, 1.165) is 0 Å². The van der Waals surface area contributed by atoms with Gasteiger partial charge in [0.05, 0.1) is 0 Å². The summed E-state index contributed by atoms with van der Waals surface area (Å²) in [5.74, 6) is -0.963. The first kappa shape index (κ1) is 12.0. The van der Waals surface area contributed by atoms with Crippen molar-refractivity contribution in [3.63, 3.8) is 0 Å². The van der Waals surface area contributed by atoms with Crippen molar-refractivity contribution in [3.05, 3.63) is 0 Å². The molecule has 0 bridgehead atoms. The number of hydrogen-bond donors (Lipinski definition) is 3. The van der Waals surface area contributed by atoms with Gasteiger partial charge in [0.2, 0.25) is 0 Å². The number of halogens is 2. The lowest BCUT2D eigenvalue weighted by Crippen LogP contribution is -2.39. The highest BCUT2D eigenvalue weighted by molar-refractivity contribution is 6.44. The number of aliphatic carboxylic acids is 1. The lowest BCUT2D eigenvalue weighted by Gasteiger charge is -2.13. The predicted octanol–water partition coefficient (Wildman–Crippen LogP) is 0.529. The molecule has 4 N–H and O–H groups in total. The van der Waals surface area contributed by atoms with Gasteiger partial charge in [-0.05, 0) is 19.4 Å². The molecule has 0 heterocycles. The molecule has 0 radical (unpaired) electrons. The van der Waals surface area contributed by atoms with E-state index in [4.69, 9.17) is 34.0 Å². The van der Waals surface area contributed by atoms with E-state index in [1.807, 2.05) is 0 Å². The molecule has 0 unspecified atom stereocenters. The molecule has 0 amide bonds. The van der Waals surface area contributed by atoms with Crippen LogP contribution in [0.5, 0.6) is 0 Å². The number of alkyl halides is 2. The quantitative estimate of drug-likeness (QED) is 0.446. The van der Waals surface area contributed by atoms with Crippen molar-refractivity contribution in [1.29, 1.82) is 0 Å². The van der Waals surface area contributed by atoms with Crippen molar-refractivity contribution in [1.82, 2.24) is 5.32 Å². The number of hydrogen-bond acceptors (Lipinski definition) is 3. The van der Waals surface area contributed by atoms with E-state index < -0.39 is 17.0 Å². The molecule has 0 saturated heterocycles. The molecular formula is C6H12Cl2N2O2. The zero-order valence-corrected chi connectivity index (χ0v) is 7.98. The van der Waals surface area contributed by atoms with Crippen molar-refractivity contribution in [3.8, 4) is 0 Å². The van der Waals surface area contributed by atoms with Gasteiger partial charge < -0.3 is 10.8 Å². The van der Waals surface area contributed by atoms with Crippen molar-refractivity contribution < 1.29 is 9.90 Å². The molecule has 0 aromatic carbocycles. The Morgan fingerprint density at radius 1 is 1.58 bits per heavy atom. The minimum absolute atomic E-state index is 0.432. The summed E-state index contributed by atoms with van der Waals surface area (Å²) in [5, 5.41) is 11.1. The molecule has 0 saturated carbocycles. The van der Waals surface area contributed by atoms with Gasteiger partial charge in [0.25, 0.3) is 0 Å². The maximum atomic E-state index is 10.5. The fourth-order valence-electron chi connectivity index (χ4n) is 0.752. The summed E-state index contributed by atoms with van der Waals surface area (Å²) in [6.07, 6.45) is 1.06. The number of carboxylic acid groups (broad SMARTS) is 1. The molecule has 6 heteroatoms. The second-order valence-corrected chi connectivity index (χ2v) is 3.39. The van der Waals surface area contributed by atoms with Gasteiger partial charge in [0, 0.05) is 0 Å². The second kappa shape index (κ2) is 6.48. The second-order valence-electron chi connectivity index (χ2n) is 2.29. The van der Waals surface area contributed by atoms with Crippen LogP contribution in [-0.2, 0) is 4.79 Å². The van der Waals surface area contributed by atoms with Crippen molar-refractivity contribution >= 4 is 29.2 Å². The van der Waals surface area contributed by atoms with Gasteiger partial charge in [-0.3, -0.25) is 10.1 Å². The van der Waals surface area contributed by atoms with E-state index in [9.17, 15) is 4.79 Å². The summed E-state index contributed by atoms with van der Waals surface area (Å²) >= 11 is 10.7. The van der Waals surface area contributed by atoms with Crippen LogP contribution < -0.4 is 11.1 Å². The summed E-state index contributed by atoms with van der Waals surface area (Å²) in [7, 11) is 0. The minimum Gasteiger partial charge on any atom is -0.480 e. The van der Waals surface area contributed by atoms with Gasteiger partial charge in [-0.25, -0.2) is 0 Å². The molecule has 12 heavy (non-hydrogen) atoms. The number of nitrogens with two attached hydrogens (primary N) is 1. The van der Waals surface area contributed by atoms with Crippen LogP contribution >= 0.6 is 23.2 Å². The Morgan fingerprint density at radius 2 is 2.17 bits per heavy atom. The van der Waals surface area contributed by atoms with Gasteiger partial charge >= 0.3 is 5.97 Å². The number of nitrogens with one attached hydrogen (secondary N) is 1. The molecule has 1 atom stereocenters. The monoisotopic (exact) mass is 214 g/mol. The zero-order chi connectivity index (χ0) is 9.56. The Labute approximate surface area is 81.0 Å². The van der Waals surface area contributed by atoms with Crippen molar-refractivity contribution in [2.75, 3.05) is 6.54 Å². The van der Waals surface area contributed by atoms with Crippen LogP contribution in [0.25, 0.3) is 0 Å². The predicted molar refractivity (Wildman–Crippen MR) is 48.3 cm³/mol. The minimum atomic E-state index is -0.963. The van der Waals surface area contributed by atoms with Crippen LogP contribution in [0.3, 0.4) is 0 Å². The van der Waals surface area contributed by atoms with Crippen molar-refractivity contribution in [2.24, 2.45) is 5.73 Å². The van der Waals surface area contributed by atoms with E-state index >= 15 is 0 Å². The maximum absolute atomic E-state index is 10.5. The van der Waals surface area contributed by atoms with Crippen LogP contribution in [0, 0.1) is 0 Å². The first-order chi connectivity index (χ1) is 5.57. The first-order valence-corrected chi connectivity index (χ1v) is 4.42. The zero-order valence-electron chi connectivity index (χ0n) is 6.46. The first-order valence-electron chi connectivity index (χ1n) is 3.55. The molecule has 4 nitrogen and oxygen atoms in total. The molecule has 0 aromatic heterocycles. The Morgan fingerprint density at radius 3 is 2.50 bits per heavy atom. The van der Waals surface area contributed by atoms with Gasteiger partial charge in [0.1, 0.15) is 6.04 Å². The molecule has 0 aromatic rings. The molecule has 0 aliphatic rings. The summed E-state index contributed by atoms with van der Waals surface area (Å²) in [5.41, 5.74) is 5.22. The van der Waals surface area contributed by atoms with Gasteiger partial charge in [-0.2, -0.15) is 0 Å². The average molecular weight is 215 g/mol. The van der Waals surface area contributed by atoms with Gasteiger partial charge in [0.15, 0.2) is 4.96 Å². The summed E-state index contributed by atoms with van der Waals surface area (Å²) in [4.78, 5) is 9.66. The van der Waals surface area contributed by atoms with Crippen LogP contribution in [0.2, 0.25) is 0 Å². The Bertz CT molecular complexity index is 144. The standard InChI is InChI=1S/C6H12Cl2N2O2/c7-6(8)10-4(5(11)12)2-1-3-9/h4,6,10H,1-3,9H2,(H,11,12)/t4-/m0/s1. The lowest BCUT2D eigenvalue weighted by molar-refractivity contribution is -0.139. The van der Waals surface area contributed by atoms with Gasteiger partial charge in [-0.15, -0.1) is 0 Å². The third-order valence-electron chi connectivity index (χ3n) is 1.32. The Hall–Kier alpha value is -0.0300. The largest absolute Gasteiger partial charge is 0.480 e. The molecule has 0 aliphatic carbocycles. The van der Waals surface area contributed by atoms with Gasteiger partial charge in [-0.1, -0.05) is 23.2 Å². The third kappa shape index (κ3) is 5.60. The fourth-order valence-corrected chi connectivity index (χ4v) is 1.06. The average Bonchev–Trinajstić information content (AvgIpc) is 1.96. The maximum Gasteiger partial charge on any atom is 0.320 e. The Kier molecular flexibility index (Phi) is 6.47. The van der Waals surface area contributed by atoms with Crippen LogP contribution in [0.4, 0.5) is 0 Å². The van der Waals surface area contributed by atoms with E-state index in [1.165, 1.54) is 0 Å². The summed E-state index contributed by atoms with van der Waals surface area (Å²) in [6.45, 7) is 0.459. The van der Waals surface area contributed by atoms with E-state index in [0.29, 0.717) is 19.4 Å². The molecule has 0 fully saturated rings. The highest BCUT2D eigenvalue weighted by atomic mass is 35.5. The molecule has 0 spiro atoms. The normalized spacial score (nSPS) is 13.3. The highest BCUT2D eigenvalue weighted by Crippen LogP contribution is 2.03. The van der Waals surface area contributed by atoms with E-state index in [-0.39, 0.29) is 0 Å². The molecule has 0 aliphatic heterocycles. The van der Waals surface area contributed by atoms with Crippen LogP contribution in [0.1, 0.15) is 12.8 Å². The molecule has 0 rings (SSSR count). The number of carboxylic acids is 1.